The molecule has 1 heterocycles. The van der Waals surface area contributed by atoms with Crippen molar-refractivity contribution < 1.29 is 9.18 Å². The third-order valence-electron chi connectivity index (χ3n) is 4.54. The molecule has 2 atom stereocenters. The number of carbonyl (C=O) groups is 1. The number of nitrogens with zero attached hydrogens (tertiary/aromatic N) is 2. The quantitative estimate of drug-likeness (QED) is 0.828. The summed E-state index contributed by atoms with van der Waals surface area (Å²) in [5, 5.41) is 9.95. The van der Waals surface area contributed by atoms with Gasteiger partial charge < -0.3 is 5.32 Å². The summed E-state index contributed by atoms with van der Waals surface area (Å²) in [5.41, 5.74) is 1.02. The summed E-state index contributed by atoms with van der Waals surface area (Å²) in [4.78, 5) is 12.3. The number of nitrogens with one attached hydrogen (secondary N) is 2. The van der Waals surface area contributed by atoms with Crippen LogP contribution in [0.1, 0.15) is 42.6 Å². The molecule has 1 aromatic carbocycles. The second-order valence-corrected chi connectivity index (χ2v) is 6.65. The van der Waals surface area contributed by atoms with Gasteiger partial charge in [-0.1, -0.05) is 12.1 Å². The molecule has 7 heteroatoms. The molecule has 2 N–H and O–H groups in total. The number of amides is 1. The Bertz CT molecular complexity index is 793. The topological polar surface area (TPSA) is 62.7 Å². The van der Waals surface area contributed by atoms with Gasteiger partial charge in [0, 0.05) is 12.0 Å². The van der Waals surface area contributed by atoms with Gasteiger partial charge in [0.15, 0.2) is 10.6 Å². The van der Waals surface area contributed by atoms with Gasteiger partial charge >= 0.3 is 0 Å². The van der Waals surface area contributed by atoms with Crippen molar-refractivity contribution in [3.8, 4) is 0 Å². The van der Waals surface area contributed by atoms with E-state index in [0.29, 0.717) is 17.4 Å². The molecule has 2 aromatic rings. The fourth-order valence-electron chi connectivity index (χ4n) is 3.03. The van der Waals surface area contributed by atoms with Gasteiger partial charge in [-0.2, -0.15) is 5.10 Å². The standard InChI is InChI=1S/C16H17FN4OS/c17-10-3-1-9(2-4-10)12-7-13(12)15(22)18-8-14-19-20-16(23)21(14)11-5-6-11/h1-4,11-13H,5-8H2,(H,18,22)(H,20,23)/t12-,13+/m0/s1. The lowest BCUT2D eigenvalue weighted by atomic mass is 10.1. The highest BCUT2D eigenvalue weighted by Crippen LogP contribution is 2.47. The molecule has 2 saturated carbocycles. The van der Waals surface area contributed by atoms with Gasteiger partial charge in [0.05, 0.1) is 6.54 Å². The molecule has 0 spiro atoms. The van der Waals surface area contributed by atoms with Crippen LogP contribution in [-0.2, 0) is 11.3 Å². The lowest BCUT2D eigenvalue weighted by Gasteiger charge is -2.07. The molecule has 23 heavy (non-hydrogen) atoms. The van der Waals surface area contributed by atoms with Crippen LogP contribution in [0.25, 0.3) is 0 Å². The molecular formula is C16H17FN4OS. The Morgan fingerprint density at radius 2 is 2.13 bits per heavy atom. The Morgan fingerprint density at radius 3 is 2.83 bits per heavy atom. The highest BCUT2D eigenvalue weighted by molar-refractivity contribution is 7.71. The molecule has 0 bridgehead atoms. The zero-order valence-corrected chi connectivity index (χ0v) is 13.3. The minimum Gasteiger partial charge on any atom is -0.349 e. The van der Waals surface area contributed by atoms with E-state index < -0.39 is 0 Å². The molecule has 0 aliphatic heterocycles. The molecular weight excluding hydrogens is 315 g/mol. The zero-order chi connectivity index (χ0) is 16.0. The van der Waals surface area contributed by atoms with E-state index in [2.05, 4.69) is 15.5 Å². The van der Waals surface area contributed by atoms with Gasteiger partial charge in [-0.15, -0.1) is 0 Å². The van der Waals surface area contributed by atoms with E-state index in [1.807, 2.05) is 4.57 Å². The smallest absolute Gasteiger partial charge is 0.224 e. The van der Waals surface area contributed by atoms with Gasteiger partial charge in [0.25, 0.3) is 0 Å². The van der Waals surface area contributed by atoms with Crippen LogP contribution in [0, 0.1) is 16.5 Å². The lowest BCUT2D eigenvalue weighted by Crippen LogP contribution is -2.26. The van der Waals surface area contributed by atoms with E-state index in [-0.39, 0.29) is 23.6 Å². The predicted molar refractivity (Wildman–Crippen MR) is 84.8 cm³/mol. The van der Waals surface area contributed by atoms with Gasteiger partial charge in [-0.3, -0.25) is 14.5 Å². The van der Waals surface area contributed by atoms with Crippen molar-refractivity contribution in [3.05, 3.63) is 46.2 Å². The number of benzene rings is 1. The minimum atomic E-state index is -0.252. The Hall–Kier alpha value is -2.02. The molecule has 2 fully saturated rings. The summed E-state index contributed by atoms with van der Waals surface area (Å²) < 4.78 is 15.6. The van der Waals surface area contributed by atoms with Crippen molar-refractivity contribution in [1.82, 2.24) is 20.1 Å². The van der Waals surface area contributed by atoms with Crippen molar-refractivity contribution >= 4 is 18.1 Å². The number of H-pyrrole nitrogens is 1. The molecule has 1 amide bonds. The molecule has 4 rings (SSSR count). The first-order valence-electron chi connectivity index (χ1n) is 7.82. The Kier molecular flexibility index (Phi) is 3.52. The van der Waals surface area contributed by atoms with E-state index in [1.165, 1.54) is 12.1 Å². The molecule has 0 radical (unpaired) electrons. The number of rotatable bonds is 5. The van der Waals surface area contributed by atoms with Gasteiger partial charge in [-0.05, 0) is 55.1 Å². The van der Waals surface area contributed by atoms with Crippen LogP contribution in [0.5, 0.6) is 0 Å². The summed E-state index contributed by atoms with van der Waals surface area (Å²) in [6.45, 7) is 0.384. The first-order chi connectivity index (χ1) is 11.1. The van der Waals surface area contributed by atoms with E-state index in [4.69, 9.17) is 12.2 Å². The largest absolute Gasteiger partial charge is 0.349 e. The fourth-order valence-corrected chi connectivity index (χ4v) is 3.33. The van der Waals surface area contributed by atoms with Crippen LogP contribution in [-0.4, -0.2) is 20.7 Å². The Labute approximate surface area is 137 Å². The summed E-state index contributed by atoms with van der Waals surface area (Å²) in [7, 11) is 0. The number of hydrogen-bond acceptors (Lipinski definition) is 3. The normalized spacial score (nSPS) is 22.8. The molecule has 120 valence electrons. The van der Waals surface area contributed by atoms with Crippen molar-refractivity contribution in [2.45, 2.75) is 37.8 Å². The Morgan fingerprint density at radius 1 is 1.39 bits per heavy atom. The summed E-state index contributed by atoms with van der Waals surface area (Å²) in [6, 6.07) is 6.82. The summed E-state index contributed by atoms with van der Waals surface area (Å²) in [6.07, 6.45) is 3.04. The maximum absolute atomic E-state index is 12.9. The molecule has 1 aromatic heterocycles. The average Bonchev–Trinajstić information content (AvgIpc) is 3.45. The van der Waals surface area contributed by atoms with Crippen LogP contribution >= 0.6 is 12.2 Å². The Balaban J connectivity index is 1.36. The molecule has 2 aliphatic rings. The first kappa shape index (κ1) is 14.6. The summed E-state index contributed by atoms with van der Waals surface area (Å²) >= 11 is 5.23. The van der Waals surface area contributed by atoms with Gasteiger partial charge in [0.2, 0.25) is 5.91 Å². The highest BCUT2D eigenvalue weighted by Gasteiger charge is 2.43. The van der Waals surface area contributed by atoms with Crippen LogP contribution in [0.4, 0.5) is 4.39 Å². The average molecular weight is 332 g/mol. The van der Waals surface area contributed by atoms with E-state index in [1.54, 1.807) is 12.1 Å². The molecule has 5 nitrogen and oxygen atoms in total. The van der Waals surface area contributed by atoms with E-state index in [0.717, 1.165) is 30.7 Å². The van der Waals surface area contributed by atoms with Crippen molar-refractivity contribution in [2.75, 3.05) is 0 Å². The first-order valence-corrected chi connectivity index (χ1v) is 8.23. The molecule has 2 aliphatic carbocycles. The number of aromatic nitrogens is 3. The van der Waals surface area contributed by atoms with Gasteiger partial charge in [0.1, 0.15) is 5.82 Å². The maximum atomic E-state index is 12.9. The highest BCUT2D eigenvalue weighted by atomic mass is 32.1. The third-order valence-corrected chi connectivity index (χ3v) is 4.82. The minimum absolute atomic E-state index is 0.0237. The second-order valence-electron chi connectivity index (χ2n) is 6.26. The van der Waals surface area contributed by atoms with Crippen LogP contribution in [0.3, 0.4) is 0 Å². The monoisotopic (exact) mass is 332 g/mol. The van der Waals surface area contributed by atoms with Crippen molar-refractivity contribution in [1.29, 1.82) is 0 Å². The number of carbonyl (C=O) groups excluding carboxylic acids is 1. The van der Waals surface area contributed by atoms with E-state index >= 15 is 0 Å². The number of halogens is 1. The molecule has 0 unspecified atom stereocenters. The fraction of sp³-hybridized carbons (Fsp3) is 0.438. The number of aromatic amines is 1. The predicted octanol–water partition coefficient (Wildman–Crippen LogP) is 2.83. The third kappa shape index (κ3) is 2.93. The lowest BCUT2D eigenvalue weighted by molar-refractivity contribution is -0.122. The molecule has 0 saturated heterocycles. The van der Waals surface area contributed by atoms with Crippen LogP contribution < -0.4 is 5.32 Å². The number of hydrogen-bond donors (Lipinski definition) is 2. The van der Waals surface area contributed by atoms with Crippen molar-refractivity contribution in [3.63, 3.8) is 0 Å². The second kappa shape index (κ2) is 5.56. The SMILES string of the molecule is O=C(NCc1n[nH]c(=S)n1C1CC1)[C@@H]1C[C@H]1c1ccc(F)cc1. The van der Waals surface area contributed by atoms with Crippen LogP contribution in [0.15, 0.2) is 24.3 Å². The van der Waals surface area contributed by atoms with Gasteiger partial charge in [-0.25, -0.2) is 4.39 Å². The summed E-state index contributed by atoms with van der Waals surface area (Å²) in [5.74, 6) is 0.718. The van der Waals surface area contributed by atoms with Crippen LogP contribution in [0.2, 0.25) is 0 Å². The maximum Gasteiger partial charge on any atom is 0.224 e. The van der Waals surface area contributed by atoms with E-state index in [9.17, 15) is 9.18 Å². The zero-order valence-electron chi connectivity index (χ0n) is 12.5. The van der Waals surface area contributed by atoms with Crippen molar-refractivity contribution in [2.24, 2.45) is 5.92 Å².